The highest BCUT2D eigenvalue weighted by atomic mass is 14.8. The van der Waals surface area contributed by atoms with E-state index in [9.17, 15) is 0 Å². The molecule has 0 aromatic heterocycles. The maximum absolute atomic E-state index is 4.92. The lowest BCUT2D eigenvalue weighted by molar-refractivity contribution is 1.06. The normalized spacial score (nSPS) is 12.8. The zero-order valence-corrected chi connectivity index (χ0v) is 16.2. The maximum atomic E-state index is 4.92. The molecule has 2 rings (SSSR count). The van der Waals surface area contributed by atoms with Gasteiger partial charge in [0.25, 0.3) is 0 Å². The van der Waals surface area contributed by atoms with Crippen LogP contribution in [0.3, 0.4) is 0 Å². The highest BCUT2D eigenvalue weighted by Gasteiger charge is 2.06. The standard InChI is InChI=1S/C24H29N/c1-17(2)24(16-23-13-12-18(3)19(4)14-23)25-21(6)20(5)15-22-10-8-7-9-11-22/h7-14H,1,15-16H2,2-6H3/b21-20-,25-24?. The Bertz CT molecular complexity index is 807. The molecule has 0 saturated carbocycles. The van der Waals surface area contributed by atoms with E-state index < -0.39 is 0 Å². The van der Waals surface area contributed by atoms with Crippen molar-refractivity contribution in [3.8, 4) is 0 Å². The van der Waals surface area contributed by atoms with Crippen molar-refractivity contribution in [1.29, 1.82) is 0 Å². The third-order valence-corrected chi connectivity index (χ3v) is 4.67. The Labute approximate surface area is 152 Å². The summed E-state index contributed by atoms with van der Waals surface area (Å²) in [5.74, 6) is 0. The minimum atomic E-state index is 0.826. The van der Waals surface area contributed by atoms with Crippen LogP contribution in [0.25, 0.3) is 0 Å². The van der Waals surface area contributed by atoms with Gasteiger partial charge in [-0.15, -0.1) is 0 Å². The number of aryl methyl sites for hydroxylation is 2. The Balaban J connectivity index is 2.24. The van der Waals surface area contributed by atoms with Gasteiger partial charge in [0.1, 0.15) is 0 Å². The van der Waals surface area contributed by atoms with E-state index in [1.54, 1.807) is 0 Å². The van der Waals surface area contributed by atoms with E-state index >= 15 is 0 Å². The number of allylic oxidation sites excluding steroid dienone is 3. The molecule has 0 heterocycles. The van der Waals surface area contributed by atoms with Crippen LogP contribution in [-0.4, -0.2) is 5.71 Å². The highest BCUT2D eigenvalue weighted by Crippen LogP contribution is 2.16. The van der Waals surface area contributed by atoms with Gasteiger partial charge in [-0.2, -0.15) is 0 Å². The van der Waals surface area contributed by atoms with Gasteiger partial charge in [0.05, 0.1) is 0 Å². The van der Waals surface area contributed by atoms with Crippen LogP contribution >= 0.6 is 0 Å². The summed E-state index contributed by atoms with van der Waals surface area (Å²) in [5.41, 5.74) is 9.74. The van der Waals surface area contributed by atoms with Crippen molar-refractivity contribution in [1.82, 2.24) is 0 Å². The Morgan fingerprint density at radius 1 is 0.840 bits per heavy atom. The van der Waals surface area contributed by atoms with Crippen LogP contribution < -0.4 is 0 Å². The summed E-state index contributed by atoms with van der Waals surface area (Å²) >= 11 is 0. The molecule has 0 saturated heterocycles. The van der Waals surface area contributed by atoms with Crippen LogP contribution in [0.2, 0.25) is 0 Å². The summed E-state index contributed by atoms with van der Waals surface area (Å²) < 4.78 is 0. The summed E-state index contributed by atoms with van der Waals surface area (Å²) in [4.78, 5) is 4.92. The largest absolute Gasteiger partial charge is 0.258 e. The van der Waals surface area contributed by atoms with Gasteiger partial charge in [-0.1, -0.05) is 55.1 Å². The number of hydrogen-bond donors (Lipinski definition) is 0. The third-order valence-electron chi connectivity index (χ3n) is 4.67. The fourth-order valence-electron chi connectivity index (χ4n) is 2.72. The van der Waals surface area contributed by atoms with E-state index in [0.29, 0.717) is 0 Å². The summed E-state index contributed by atoms with van der Waals surface area (Å²) in [5, 5.41) is 0. The summed E-state index contributed by atoms with van der Waals surface area (Å²) in [7, 11) is 0. The van der Waals surface area contributed by atoms with Crippen molar-refractivity contribution in [2.24, 2.45) is 4.99 Å². The van der Waals surface area contributed by atoms with Crippen LogP contribution in [0.5, 0.6) is 0 Å². The van der Waals surface area contributed by atoms with Crippen LogP contribution in [0.1, 0.15) is 43.0 Å². The fourth-order valence-corrected chi connectivity index (χ4v) is 2.72. The topological polar surface area (TPSA) is 12.4 Å². The van der Waals surface area contributed by atoms with Crippen LogP contribution in [0.4, 0.5) is 0 Å². The first-order valence-electron chi connectivity index (χ1n) is 8.86. The predicted molar refractivity (Wildman–Crippen MR) is 110 cm³/mol. The summed E-state index contributed by atoms with van der Waals surface area (Å²) in [6, 6.07) is 17.2. The monoisotopic (exact) mass is 331 g/mol. The molecular weight excluding hydrogens is 302 g/mol. The SMILES string of the molecule is C=C(C)C(Cc1ccc(C)c(C)c1)=N/C(C)=C(/C)Cc1ccccc1. The zero-order chi connectivity index (χ0) is 18.4. The molecule has 1 nitrogen and oxygen atoms in total. The fraction of sp³-hybridized carbons (Fsp3) is 0.292. The Hall–Kier alpha value is -2.41. The van der Waals surface area contributed by atoms with Crippen molar-refractivity contribution in [2.75, 3.05) is 0 Å². The average molecular weight is 332 g/mol. The molecule has 0 N–H and O–H groups in total. The van der Waals surface area contributed by atoms with Crippen molar-refractivity contribution in [3.63, 3.8) is 0 Å². The molecule has 0 spiro atoms. The number of hydrogen-bond acceptors (Lipinski definition) is 1. The van der Waals surface area contributed by atoms with E-state index in [4.69, 9.17) is 4.99 Å². The quantitative estimate of drug-likeness (QED) is 0.543. The molecule has 0 fully saturated rings. The van der Waals surface area contributed by atoms with E-state index in [2.05, 4.69) is 82.8 Å². The smallest absolute Gasteiger partial charge is 0.0473 e. The molecule has 0 atom stereocenters. The summed E-state index contributed by atoms with van der Waals surface area (Å²) in [6.07, 6.45) is 1.76. The average Bonchev–Trinajstić information content (AvgIpc) is 2.58. The van der Waals surface area contributed by atoms with Gasteiger partial charge in [-0.05, 0) is 74.4 Å². The number of nitrogens with zero attached hydrogens (tertiary/aromatic N) is 1. The molecule has 2 aromatic rings. The molecule has 0 unspecified atom stereocenters. The van der Waals surface area contributed by atoms with Gasteiger partial charge in [0.2, 0.25) is 0 Å². The molecule has 2 aromatic carbocycles. The van der Waals surface area contributed by atoms with Gasteiger partial charge in [-0.25, -0.2) is 0 Å². The maximum Gasteiger partial charge on any atom is 0.0473 e. The lowest BCUT2D eigenvalue weighted by Crippen LogP contribution is -2.06. The van der Waals surface area contributed by atoms with Crippen LogP contribution in [0.15, 0.2) is 76.9 Å². The van der Waals surface area contributed by atoms with Gasteiger partial charge in [-0.3, -0.25) is 4.99 Å². The molecule has 0 bridgehead atoms. The second-order valence-corrected chi connectivity index (χ2v) is 6.96. The molecule has 0 aliphatic rings. The molecule has 0 aliphatic heterocycles. The van der Waals surface area contributed by atoms with E-state index in [1.807, 2.05) is 6.92 Å². The van der Waals surface area contributed by atoms with E-state index in [-0.39, 0.29) is 0 Å². The third kappa shape index (κ3) is 5.56. The van der Waals surface area contributed by atoms with Crippen molar-refractivity contribution in [2.45, 2.75) is 47.5 Å². The predicted octanol–water partition coefficient (Wildman–Crippen LogP) is 6.40. The van der Waals surface area contributed by atoms with E-state index in [1.165, 1.54) is 27.8 Å². The Morgan fingerprint density at radius 3 is 2.12 bits per heavy atom. The molecule has 130 valence electrons. The first-order chi connectivity index (χ1) is 11.9. The first kappa shape index (κ1) is 18.9. The minimum absolute atomic E-state index is 0.826. The summed E-state index contributed by atoms with van der Waals surface area (Å²) in [6.45, 7) is 14.7. The first-order valence-corrected chi connectivity index (χ1v) is 8.86. The van der Waals surface area contributed by atoms with Crippen molar-refractivity contribution < 1.29 is 0 Å². The number of aliphatic imine (C=N–C) groups is 1. The van der Waals surface area contributed by atoms with Crippen molar-refractivity contribution in [3.05, 3.63) is 94.2 Å². The van der Waals surface area contributed by atoms with Gasteiger partial charge >= 0.3 is 0 Å². The lowest BCUT2D eigenvalue weighted by Gasteiger charge is -2.11. The van der Waals surface area contributed by atoms with Crippen LogP contribution in [-0.2, 0) is 12.8 Å². The highest BCUT2D eigenvalue weighted by molar-refractivity contribution is 6.01. The lowest BCUT2D eigenvalue weighted by atomic mass is 9.99. The second kappa shape index (κ2) is 8.62. The van der Waals surface area contributed by atoms with Gasteiger partial charge in [0, 0.05) is 17.8 Å². The van der Waals surface area contributed by atoms with E-state index in [0.717, 1.165) is 29.8 Å². The Kier molecular flexibility index (Phi) is 6.52. The molecule has 0 radical (unpaired) electrons. The van der Waals surface area contributed by atoms with Crippen molar-refractivity contribution >= 4 is 5.71 Å². The number of benzene rings is 2. The zero-order valence-electron chi connectivity index (χ0n) is 16.2. The number of rotatable bonds is 6. The van der Waals surface area contributed by atoms with Crippen LogP contribution in [0, 0.1) is 13.8 Å². The molecular formula is C24H29N. The second-order valence-electron chi connectivity index (χ2n) is 6.96. The van der Waals surface area contributed by atoms with Gasteiger partial charge < -0.3 is 0 Å². The molecule has 1 heteroatoms. The van der Waals surface area contributed by atoms with Gasteiger partial charge in [0.15, 0.2) is 0 Å². The minimum Gasteiger partial charge on any atom is -0.258 e. The molecule has 0 aliphatic carbocycles. The molecule has 25 heavy (non-hydrogen) atoms. The Morgan fingerprint density at radius 2 is 1.52 bits per heavy atom. The molecule has 0 amide bonds.